The summed E-state index contributed by atoms with van der Waals surface area (Å²) in [6.07, 6.45) is 7.28. The van der Waals surface area contributed by atoms with Gasteiger partial charge in [-0.15, -0.1) is 0 Å². The molecular weight excluding hydrogens is 293 g/mol. The highest BCUT2D eigenvalue weighted by Gasteiger charge is 2.17. The summed E-state index contributed by atoms with van der Waals surface area (Å²) in [7, 11) is 0. The minimum atomic E-state index is -0.300. The standard InChI is InChI=1S/C18H20FN3O/c19-13-5-4-8-15(11-13)21-16-9-10-17(20-12-16)18(23)22-14-6-2-1-3-7-14/h4-5,8-12,14,21H,1-3,6-7H2,(H,22,23). The summed E-state index contributed by atoms with van der Waals surface area (Å²) in [6.45, 7) is 0. The number of hydrogen-bond donors (Lipinski definition) is 2. The van der Waals surface area contributed by atoms with Crippen LogP contribution in [0, 0.1) is 5.82 Å². The number of halogens is 1. The molecule has 0 saturated heterocycles. The molecule has 2 aromatic rings. The van der Waals surface area contributed by atoms with Gasteiger partial charge in [-0.05, 0) is 43.2 Å². The lowest BCUT2D eigenvalue weighted by molar-refractivity contribution is 0.0922. The van der Waals surface area contributed by atoms with Crippen LogP contribution in [0.25, 0.3) is 0 Å². The van der Waals surface area contributed by atoms with Crippen LogP contribution in [0.1, 0.15) is 42.6 Å². The second-order valence-corrected chi connectivity index (χ2v) is 5.88. The average Bonchev–Trinajstić information content (AvgIpc) is 2.56. The van der Waals surface area contributed by atoms with Crippen molar-refractivity contribution in [1.82, 2.24) is 10.3 Å². The van der Waals surface area contributed by atoms with Crippen LogP contribution in [0.5, 0.6) is 0 Å². The fourth-order valence-corrected chi connectivity index (χ4v) is 2.84. The summed E-state index contributed by atoms with van der Waals surface area (Å²) < 4.78 is 13.2. The molecular formula is C18H20FN3O. The van der Waals surface area contributed by atoms with Crippen LogP contribution in [0.15, 0.2) is 42.6 Å². The van der Waals surface area contributed by atoms with Gasteiger partial charge in [-0.1, -0.05) is 25.3 Å². The number of rotatable bonds is 4. The van der Waals surface area contributed by atoms with Gasteiger partial charge in [0.25, 0.3) is 5.91 Å². The molecule has 1 aliphatic rings. The van der Waals surface area contributed by atoms with Crippen LogP contribution >= 0.6 is 0 Å². The molecule has 1 saturated carbocycles. The second kappa shape index (κ2) is 7.22. The predicted molar refractivity (Wildman–Crippen MR) is 88.3 cm³/mol. The monoisotopic (exact) mass is 313 g/mol. The normalized spacial score (nSPS) is 15.2. The van der Waals surface area contributed by atoms with Gasteiger partial charge in [0.05, 0.1) is 11.9 Å². The van der Waals surface area contributed by atoms with Gasteiger partial charge in [0, 0.05) is 11.7 Å². The van der Waals surface area contributed by atoms with E-state index in [0.29, 0.717) is 17.1 Å². The summed E-state index contributed by atoms with van der Waals surface area (Å²) in [5, 5.41) is 6.10. The second-order valence-electron chi connectivity index (χ2n) is 5.88. The number of anilines is 2. The Morgan fingerprint density at radius 3 is 2.61 bits per heavy atom. The van der Waals surface area contributed by atoms with Crippen LogP contribution in [-0.4, -0.2) is 16.9 Å². The topological polar surface area (TPSA) is 54.0 Å². The summed E-state index contributed by atoms with van der Waals surface area (Å²) in [5.74, 6) is -0.430. The molecule has 1 aromatic heterocycles. The van der Waals surface area contributed by atoms with E-state index in [4.69, 9.17) is 0 Å². The van der Waals surface area contributed by atoms with E-state index in [2.05, 4.69) is 15.6 Å². The number of amides is 1. The van der Waals surface area contributed by atoms with Gasteiger partial charge in [-0.3, -0.25) is 4.79 Å². The molecule has 1 fully saturated rings. The van der Waals surface area contributed by atoms with Crippen molar-refractivity contribution >= 4 is 17.3 Å². The molecule has 3 rings (SSSR count). The molecule has 0 aliphatic heterocycles. The van der Waals surface area contributed by atoms with Crippen molar-refractivity contribution < 1.29 is 9.18 Å². The zero-order valence-electron chi connectivity index (χ0n) is 12.9. The van der Waals surface area contributed by atoms with Gasteiger partial charge in [0.15, 0.2) is 0 Å². The van der Waals surface area contributed by atoms with E-state index in [1.807, 2.05) is 0 Å². The van der Waals surface area contributed by atoms with Gasteiger partial charge in [-0.25, -0.2) is 9.37 Å². The van der Waals surface area contributed by atoms with Gasteiger partial charge in [0.1, 0.15) is 11.5 Å². The fraction of sp³-hybridized carbons (Fsp3) is 0.333. The first kappa shape index (κ1) is 15.5. The maximum atomic E-state index is 13.2. The summed E-state index contributed by atoms with van der Waals surface area (Å²) in [6, 6.07) is 9.92. The van der Waals surface area contributed by atoms with Crippen LogP contribution in [0.2, 0.25) is 0 Å². The lowest BCUT2D eigenvalue weighted by Gasteiger charge is -2.22. The smallest absolute Gasteiger partial charge is 0.270 e. The quantitative estimate of drug-likeness (QED) is 0.896. The molecule has 0 radical (unpaired) electrons. The molecule has 1 amide bonds. The van der Waals surface area contributed by atoms with Crippen molar-refractivity contribution in [3.63, 3.8) is 0 Å². The molecule has 0 bridgehead atoms. The SMILES string of the molecule is O=C(NC1CCCCC1)c1ccc(Nc2cccc(F)c2)cn1. The van der Waals surface area contributed by atoms with E-state index in [0.717, 1.165) is 12.8 Å². The first-order chi connectivity index (χ1) is 11.2. The third-order valence-corrected chi connectivity index (χ3v) is 4.05. The van der Waals surface area contributed by atoms with Crippen molar-refractivity contribution in [1.29, 1.82) is 0 Å². The number of aromatic nitrogens is 1. The number of carbonyl (C=O) groups is 1. The van der Waals surface area contributed by atoms with E-state index >= 15 is 0 Å². The number of hydrogen-bond acceptors (Lipinski definition) is 3. The first-order valence-corrected chi connectivity index (χ1v) is 8.00. The highest BCUT2D eigenvalue weighted by atomic mass is 19.1. The Labute approximate surface area is 135 Å². The number of nitrogens with one attached hydrogen (secondary N) is 2. The number of benzene rings is 1. The molecule has 0 atom stereocenters. The van der Waals surface area contributed by atoms with Crippen molar-refractivity contribution in [2.45, 2.75) is 38.1 Å². The average molecular weight is 313 g/mol. The van der Waals surface area contributed by atoms with Crippen molar-refractivity contribution in [2.24, 2.45) is 0 Å². The molecule has 1 heterocycles. The summed E-state index contributed by atoms with van der Waals surface area (Å²) in [5.41, 5.74) is 1.76. The maximum Gasteiger partial charge on any atom is 0.270 e. The van der Waals surface area contributed by atoms with E-state index in [-0.39, 0.29) is 17.8 Å². The van der Waals surface area contributed by atoms with Gasteiger partial charge >= 0.3 is 0 Å². The number of pyridine rings is 1. The minimum Gasteiger partial charge on any atom is -0.354 e. The van der Waals surface area contributed by atoms with Gasteiger partial charge in [-0.2, -0.15) is 0 Å². The van der Waals surface area contributed by atoms with Crippen LogP contribution < -0.4 is 10.6 Å². The van der Waals surface area contributed by atoms with Crippen molar-refractivity contribution in [3.8, 4) is 0 Å². The van der Waals surface area contributed by atoms with E-state index in [1.54, 1.807) is 30.5 Å². The Balaban J connectivity index is 1.61. The van der Waals surface area contributed by atoms with Gasteiger partial charge < -0.3 is 10.6 Å². The van der Waals surface area contributed by atoms with Crippen LogP contribution in [-0.2, 0) is 0 Å². The molecule has 120 valence electrons. The zero-order valence-corrected chi connectivity index (χ0v) is 12.9. The number of nitrogens with zero attached hydrogens (tertiary/aromatic N) is 1. The molecule has 0 spiro atoms. The Bertz CT molecular complexity index is 666. The Morgan fingerprint density at radius 2 is 1.91 bits per heavy atom. The Kier molecular flexibility index (Phi) is 4.86. The Morgan fingerprint density at radius 1 is 1.09 bits per heavy atom. The lowest BCUT2D eigenvalue weighted by Crippen LogP contribution is -2.36. The molecule has 0 unspecified atom stereocenters. The highest BCUT2D eigenvalue weighted by Crippen LogP contribution is 2.19. The highest BCUT2D eigenvalue weighted by molar-refractivity contribution is 5.92. The largest absolute Gasteiger partial charge is 0.354 e. The summed E-state index contributed by atoms with van der Waals surface area (Å²) in [4.78, 5) is 16.4. The van der Waals surface area contributed by atoms with Crippen molar-refractivity contribution in [3.05, 3.63) is 54.1 Å². The molecule has 2 N–H and O–H groups in total. The zero-order chi connectivity index (χ0) is 16.1. The minimum absolute atomic E-state index is 0.130. The molecule has 5 heteroatoms. The maximum absolute atomic E-state index is 13.2. The lowest BCUT2D eigenvalue weighted by atomic mass is 9.95. The Hall–Kier alpha value is -2.43. The van der Waals surface area contributed by atoms with E-state index in [1.165, 1.54) is 31.4 Å². The molecule has 1 aromatic carbocycles. The molecule has 1 aliphatic carbocycles. The van der Waals surface area contributed by atoms with Crippen LogP contribution in [0.4, 0.5) is 15.8 Å². The van der Waals surface area contributed by atoms with Crippen LogP contribution in [0.3, 0.4) is 0 Å². The van der Waals surface area contributed by atoms with E-state index in [9.17, 15) is 9.18 Å². The van der Waals surface area contributed by atoms with Crippen molar-refractivity contribution in [2.75, 3.05) is 5.32 Å². The summed E-state index contributed by atoms with van der Waals surface area (Å²) >= 11 is 0. The predicted octanol–water partition coefficient (Wildman–Crippen LogP) is 4.03. The third kappa shape index (κ3) is 4.28. The molecule has 4 nitrogen and oxygen atoms in total. The van der Waals surface area contributed by atoms with Gasteiger partial charge in [0.2, 0.25) is 0 Å². The fourth-order valence-electron chi connectivity index (χ4n) is 2.84. The van der Waals surface area contributed by atoms with E-state index < -0.39 is 0 Å². The first-order valence-electron chi connectivity index (χ1n) is 8.00. The third-order valence-electron chi connectivity index (χ3n) is 4.05. The number of carbonyl (C=O) groups excluding carboxylic acids is 1. The molecule has 23 heavy (non-hydrogen) atoms.